The number of sulfonamides is 1. The van der Waals surface area contributed by atoms with Gasteiger partial charge >= 0.3 is 18.1 Å². The number of carboxylic acids is 2. The zero-order valence-corrected chi connectivity index (χ0v) is 26.3. The molecule has 1 atom stereocenters. The Morgan fingerprint density at radius 1 is 0.957 bits per heavy atom. The molecule has 0 bridgehead atoms. The first-order valence-electron chi connectivity index (χ1n) is 14.2. The van der Waals surface area contributed by atoms with Crippen molar-refractivity contribution in [1.29, 1.82) is 0 Å². The predicted molar refractivity (Wildman–Crippen MR) is 168 cm³/mol. The van der Waals surface area contributed by atoms with Gasteiger partial charge in [0.15, 0.2) is 0 Å². The third-order valence-electron chi connectivity index (χ3n) is 6.83. The summed E-state index contributed by atoms with van der Waals surface area (Å²) in [6.07, 6.45) is -1.43. The molecular weight excluding hydrogens is 641 g/mol. The van der Waals surface area contributed by atoms with E-state index in [1.165, 1.54) is 12.1 Å². The molecule has 0 saturated carbocycles. The molecule has 0 spiro atoms. The minimum atomic E-state index is -5.08. The van der Waals surface area contributed by atoms with Crippen molar-refractivity contribution in [3.05, 3.63) is 103 Å². The second-order valence-electron chi connectivity index (χ2n) is 11.1. The number of carbonyl (C=O) groups is 2. The number of aliphatic hydroxyl groups is 1. The SMILES string of the molecule is CC(C)(CCn1cnc(-c2ccc(CC(=O)O)cc2)c1)NCC(O)c1cccc(NS(=O)(=O)c2ccccc2)c1.O=C(O)C(F)(F)F. The number of carboxylic acid groups (broad SMARTS) is 2. The van der Waals surface area contributed by atoms with Crippen LogP contribution >= 0.6 is 0 Å². The number of nitrogens with one attached hydrogen (secondary N) is 2. The van der Waals surface area contributed by atoms with Crippen molar-refractivity contribution in [3.8, 4) is 11.3 Å². The Kier molecular flexibility index (Phi) is 12.3. The minimum absolute atomic E-state index is 0.00993. The molecule has 1 aromatic heterocycles. The van der Waals surface area contributed by atoms with Crippen LogP contribution in [0.2, 0.25) is 0 Å². The van der Waals surface area contributed by atoms with Gasteiger partial charge in [0, 0.05) is 36.1 Å². The van der Waals surface area contributed by atoms with E-state index in [-0.39, 0.29) is 16.9 Å². The summed E-state index contributed by atoms with van der Waals surface area (Å²) in [6, 6.07) is 22.3. The van der Waals surface area contributed by atoms with Gasteiger partial charge in [0.05, 0.1) is 29.4 Å². The van der Waals surface area contributed by atoms with Crippen LogP contribution in [-0.4, -0.2) is 63.5 Å². The van der Waals surface area contributed by atoms with E-state index in [1.54, 1.807) is 60.9 Å². The van der Waals surface area contributed by atoms with Crippen LogP contribution in [0, 0.1) is 0 Å². The summed E-state index contributed by atoms with van der Waals surface area (Å²) in [5.41, 5.74) is 3.16. The summed E-state index contributed by atoms with van der Waals surface area (Å²) in [6.45, 7) is 5.11. The highest BCUT2D eigenvalue weighted by molar-refractivity contribution is 7.92. The number of aliphatic carboxylic acids is 2. The van der Waals surface area contributed by atoms with Crippen LogP contribution in [0.1, 0.15) is 37.5 Å². The monoisotopic (exact) mass is 676 g/mol. The average Bonchev–Trinajstić information content (AvgIpc) is 3.49. The van der Waals surface area contributed by atoms with Gasteiger partial charge in [0.2, 0.25) is 0 Å². The van der Waals surface area contributed by atoms with Gasteiger partial charge in [-0.05, 0) is 55.7 Å². The Morgan fingerprint density at radius 3 is 2.19 bits per heavy atom. The number of imidazole rings is 1. The van der Waals surface area contributed by atoms with Crippen LogP contribution in [0.3, 0.4) is 0 Å². The van der Waals surface area contributed by atoms with Gasteiger partial charge < -0.3 is 25.2 Å². The van der Waals surface area contributed by atoms with E-state index < -0.39 is 34.2 Å². The van der Waals surface area contributed by atoms with Gasteiger partial charge in [-0.1, -0.05) is 54.6 Å². The summed E-state index contributed by atoms with van der Waals surface area (Å²) in [5.74, 6) is -3.62. The fourth-order valence-corrected chi connectivity index (χ4v) is 5.28. The number of hydrogen-bond acceptors (Lipinski definition) is 7. The quantitative estimate of drug-likeness (QED) is 0.129. The number of aliphatic hydroxyl groups excluding tert-OH is 1. The zero-order chi connectivity index (χ0) is 34.8. The molecule has 0 aliphatic heterocycles. The van der Waals surface area contributed by atoms with E-state index in [0.717, 1.165) is 23.2 Å². The van der Waals surface area contributed by atoms with Gasteiger partial charge in [-0.15, -0.1) is 0 Å². The fourth-order valence-electron chi connectivity index (χ4n) is 4.21. The Morgan fingerprint density at radius 2 is 1.60 bits per heavy atom. The van der Waals surface area contributed by atoms with Crippen molar-refractivity contribution in [2.24, 2.45) is 0 Å². The highest BCUT2D eigenvalue weighted by Crippen LogP contribution is 2.23. The van der Waals surface area contributed by atoms with Crippen molar-refractivity contribution < 1.29 is 46.5 Å². The zero-order valence-electron chi connectivity index (χ0n) is 25.5. The van der Waals surface area contributed by atoms with Crippen LogP contribution in [0.25, 0.3) is 11.3 Å². The largest absolute Gasteiger partial charge is 0.490 e. The summed E-state index contributed by atoms with van der Waals surface area (Å²) in [5, 5.41) is 30.3. The lowest BCUT2D eigenvalue weighted by molar-refractivity contribution is -0.192. The van der Waals surface area contributed by atoms with Crippen LogP contribution in [0.5, 0.6) is 0 Å². The number of β-amino-alcohol motifs (C(OH)–C–C–N with tert-alkyl or cyclic N) is 1. The molecule has 0 aliphatic rings. The number of nitrogens with zero attached hydrogens (tertiary/aromatic N) is 2. The van der Waals surface area contributed by atoms with Gasteiger partial charge in [-0.25, -0.2) is 18.2 Å². The lowest BCUT2D eigenvalue weighted by Crippen LogP contribution is -2.42. The average molecular weight is 677 g/mol. The fraction of sp³-hybridized carbons (Fsp3) is 0.281. The molecule has 0 amide bonds. The number of anilines is 1. The van der Waals surface area contributed by atoms with Gasteiger partial charge in [0.1, 0.15) is 0 Å². The third kappa shape index (κ3) is 11.9. The molecule has 0 fully saturated rings. The molecule has 0 saturated heterocycles. The summed E-state index contributed by atoms with van der Waals surface area (Å²) >= 11 is 0. The van der Waals surface area contributed by atoms with Gasteiger partial charge in [-0.2, -0.15) is 13.2 Å². The van der Waals surface area contributed by atoms with Crippen molar-refractivity contribution in [3.63, 3.8) is 0 Å². The molecule has 11 nitrogen and oxygen atoms in total. The number of hydrogen-bond donors (Lipinski definition) is 5. The van der Waals surface area contributed by atoms with Crippen molar-refractivity contribution in [1.82, 2.24) is 14.9 Å². The van der Waals surface area contributed by atoms with Crippen molar-refractivity contribution >= 4 is 27.6 Å². The van der Waals surface area contributed by atoms with E-state index in [0.29, 0.717) is 24.3 Å². The molecule has 5 N–H and O–H groups in total. The normalized spacial score (nSPS) is 12.5. The van der Waals surface area contributed by atoms with E-state index in [1.807, 2.05) is 22.9 Å². The lowest BCUT2D eigenvalue weighted by Gasteiger charge is -2.28. The molecular formula is C32H35F3N4O7S. The van der Waals surface area contributed by atoms with Crippen LogP contribution in [0.15, 0.2) is 96.3 Å². The van der Waals surface area contributed by atoms with Gasteiger partial charge in [0.25, 0.3) is 10.0 Å². The Balaban J connectivity index is 0.000000771. The molecule has 1 unspecified atom stereocenters. The van der Waals surface area contributed by atoms with Gasteiger partial charge in [-0.3, -0.25) is 9.52 Å². The number of aryl methyl sites for hydroxylation is 1. The molecule has 0 radical (unpaired) electrons. The second kappa shape index (κ2) is 15.7. The third-order valence-corrected chi connectivity index (χ3v) is 8.22. The minimum Gasteiger partial charge on any atom is -0.481 e. The standard InChI is InChI=1S/C30H34N4O5S.C2HF3O2/c1-30(2,15-16-34-20-27(31-21-34)23-13-11-22(12-14-23)17-29(36)37)32-19-28(35)24-7-6-8-25(18-24)33-40(38,39)26-9-4-3-5-10-26;3-2(4,5)1(6)7/h3-14,18,20-21,28,32-33,35H,15-17,19H2,1-2H3,(H,36,37);(H,6,7). The number of alkyl halides is 3. The molecule has 15 heteroatoms. The van der Waals surface area contributed by atoms with E-state index in [4.69, 9.17) is 15.0 Å². The second-order valence-corrected chi connectivity index (χ2v) is 12.8. The first-order valence-corrected chi connectivity index (χ1v) is 15.7. The molecule has 47 heavy (non-hydrogen) atoms. The number of halogens is 3. The molecule has 4 aromatic rings. The Labute approximate surface area is 269 Å². The molecule has 3 aromatic carbocycles. The summed E-state index contributed by atoms with van der Waals surface area (Å²) in [4.78, 5) is 24.4. The number of benzene rings is 3. The van der Waals surface area contributed by atoms with Crippen LogP contribution < -0.4 is 10.0 Å². The smallest absolute Gasteiger partial charge is 0.481 e. The van der Waals surface area contributed by atoms with E-state index in [9.17, 15) is 31.5 Å². The highest BCUT2D eigenvalue weighted by atomic mass is 32.2. The number of aromatic nitrogens is 2. The van der Waals surface area contributed by atoms with E-state index in [2.05, 4.69) is 28.9 Å². The number of rotatable bonds is 13. The maximum absolute atomic E-state index is 12.6. The Hall–Kier alpha value is -4.73. The lowest BCUT2D eigenvalue weighted by atomic mass is 9.99. The van der Waals surface area contributed by atoms with Crippen molar-refractivity contribution in [2.75, 3.05) is 11.3 Å². The maximum Gasteiger partial charge on any atom is 0.490 e. The first kappa shape index (κ1) is 36.7. The highest BCUT2D eigenvalue weighted by Gasteiger charge is 2.38. The van der Waals surface area contributed by atoms with Crippen molar-refractivity contribution in [2.45, 2.75) is 55.9 Å². The van der Waals surface area contributed by atoms with E-state index >= 15 is 0 Å². The molecule has 4 rings (SSSR count). The molecule has 0 aliphatic carbocycles. The van der Waals surface area contributed by atoms with Crippen LogP contribution in [-0.2, 0) is 32.6 Å². The topological polar surface area (TPSA) is 171 Å². The first-order chi connectivity index (χ1) is 21.9. The summed E-state index contributed by atoms with van der Waals surface area (Å²) in [7, 11) is -3.72. The maximum atomic E-state index is 12.6. The summed E-state index contributed by atoms with van der Waals surface area (Å²) < 4.78 is 61.6. The predicted octanol–water partition coefficient (Wildman–Crippen LogP) is 5.10. The Bertz CT molecular complexity index is 1740. The van der Waals surface area contributed by atoms with Crippen LogP contribution in [0.4, 0.5) is 18.9 Å². The molecule has 1 heterocycles. The molecule has 252 valence electrons.